The lowest BCUT2D eigenvalue weighted by Gasteiger charge is -2.31. The molecule has 0 aliphatic carbocycles. The van der Waals surface area contributed by atoms with Crippen LogP contribution in [0.5, 0.6) is 5.75 Å². The van der Waals surface area contributed by atoms with Crippen LogP contribution < -0.4 is 22.1 Å². The maximum Gasteiger partial charge on any atom is 0.245 e. The summed E-state index contributed by atoms with van der Waals surface area (Å²) in [5.41, 5.74) is 11.4. The van der Waals surface area contributed by atoms with Gasteiger partial charge in [0.2, 0.25) is 17.7 Å². The van der Waals surface area contributed by atoms with Crippen molar-refractivity contribution in [3.8, 4) is 5.75 Å². The molecule has 0 aromatic heterocycles. The van der Waals surface area contributed by atoms with Crippen molar-refractivity contribution in [2.45, 2.75) is 45.2 Å². The third kappa shape index (κ3) is 8.38. The number of hydrogen-bond acceptors (Lipinski definition) is 5. The quantitative estimate of drug-likeness (QED) is 0.183. The fourth-order valence-corrected chi connectivity index (χ4v) is 2.96. The summed E-state index contributed by atoms with van der Waals surface area (Å²) < 4.78 is 0. The monoisotopic (exact) mass is 420 g/mol. The van der Waals surface area contributed by atoms with E-state index in [9.17, 15) is 19.5 Å². The second kappa shape index (κ2) is 12.3. The maximum absolute atomic E-state index is 13.1. The zero-order valence-electron chi connectivity index (χ0n) is 17.7. The topological polar surface area (TPSA) is 163 Å². The molecule has 10 nitrogen and oxygen atoms in total. The van der Waals surface area contributed by atoms with Crippen LogP contribution in [0, 0.1) is 0 Å². The Labute approximate surface area is 176 Å². The summed E-state index contributed by atoms with van der Waals surface area (Å²) >= 11 is 0. The first-order chi connectivity index (χ1) is 14.1. The van der Waals surface area contributed by atoms with Crippen LogP contribution in [0.4, 0.5) is 0 Å². The van der Waals surface area contributed by atoms with Gasteiger partial charge >= 0.3 is 0 Å². The van der Waals surface area contributed by atoms with Crippen LogP contribution >= 0.6 is 0 Å². The molecule has 0 unspecified atom stereocenters. The number of benzene rings is 1. The largest absolute Gasteiger partial charge is 0.508 e. The van der Waals surface area contributed by atoms with E-state index in [1.54, 1.807) is 19.1 Å². The molecule has 0 saturated carbocycles. The van der Waals surface area contributed by atoms with Crippen molar-refractivity contribution in [2.24, 2.45) is 16.5 Å². The van der Waals surface area contributed by atoms with E-state index in [0.29, 0.717) is 25.9 Å². The summed E-state index contributed by atoms with van der Waals surface area (Å²) in [6.07, 6.45) is 1.06. The highest BCUT2D eigenvalue weighted by atomic mass is 16.3. The Bertz CT molecular complexity index is 746. The van der Waals surface area contributed by atoms with Crippen molar-refractivity contribution in [3.63, 3.8) is 0 Å². The van der Waals surface area contributed by atoms with Gasteiger partial charge in [-0.05, 0) is 37.5 Å². The van der Waals surface area contributed by atoms with Crippen LogP contribution in [0.25, 0.3) is 0 Å². The first kappa shape index (κ1) is 24.7. The van der Waals surface area contributed by atoms with Gasteiger partial charge in [-0.2, -0.15) is 0 Å². The van der Waals surface area contributed by atoms with Gasteiger partial charge in [-0.25, -0.2) is 0 Å². The van der Waals surface area contributed by atoms with E-state index >= 15 is 0 Å². The molecular weight excluding hydrogens is 388 g/mol. The van der Waals surface area contributed by atoms with E-state index in [4.69, 9.17) is 11.5 Å². The van der Waals surface area contributed by atoms with E-state index < -0.39 is 12.1 Å². The number of amides is 3. The van der Waals surface area contributed by atoms with Gasteiger partial charge in [-0.3, -0.25) is 19.4 Å². The number of rotatable bonds is 11. The smallest absolute Gasteiger partial charge is 0.245 e. The SMILES string of the molecule is CCNC(=O)[C@H](Cc1ccc(O)cc1)N(C)C(=O)[C@H](CCCN=C(N)N)NC(C)=O. The van der Waals surface area contributed by atoms with Crippen LogP contribution in [0.15, 0.2) is 29.3 Å². The molecule has 1 rings (SSSR count). The molecule has 166 valence electrons. The number of nitrogens with two attached hydrogens (primary N) is 2. The normalized spacial score (nSPS) is 12.4. The molecule has 0 heterocycles. The van der Waals surface area contributed by atoms with Crippen LogP contribution in [0.1, 0.15) is 32.3 Å². The Morgan fingerprint density at radius 3 is 2.37 bits per heavy atom. The molecule has 0 aliphatic rings. The minimum atomic E-state index is -0.807. The average molecular weight is 421 g/mol. The molecule has 0 bridgehead atoms. The van der Waals surface area contributed by atoms with Gasteiger partial charge in [0.15, 0.2) is 5.96 Å². The lowest BCUT2D eigenvalue weighted by atomic mass is 10.0. The molecular formula is C20H32N6O4. The van der Waals surface area contributed by atoms with Gasteiger partial charge in [-0.15, -0.1) is 0 Å². The number of nitrogens with one attached hydrogen (secondary N) is 2. The lowest BCUT2D eigenvalue weighted by molar-refractivity contribution is -0.141. The van der Waals surface area contributed by atoms with Gasteiger partial charge in [0.05, 0.1) is 0 Å². The molecule has 2 atom stereocenters. The van der Waals surface area contributed by atoms with Crippen LogP contribution in [-0.4, -0.2) is 65.9 Å². The molecule has 0 aliphatic heterocycles. The van der Waals surface area contributed by atoms with Crippen LogP contribution in [0.2, 0.25) is 0 Å². The predicted molar refractivity (Wildman–Crippen MR) is 115 cm³/mol. The molecule has 10 heteroatoms. The van der Waals surface area contributed by atoms with E-state index in [2.05, 4.69) is 15.6 Å². The van der Waals surface area contributed by atoms with Crippen LogP contribution in [-0.2, 0) is 20.8 Å². The zero-order chi connectivity index (χ0) is 22.7. The van der Waals surface area contributed by atoms with Crippen molar-refractivity contribution in [2.75, 3.05) is 20.1 Å². The number of hydrogen-bond donors (Lipinski definition) is 5. The lowest BCUT2D eigenvalue weighted by Crippen LogP contribution is -2.55. The molecule has 30 heavy (non-hydrogen) atoms. The highest BCUT2D eigenvalue weighted by Crippen LogP contribution is 2.15. The third-order valence-corrected chi connectivity index (χ3v) is 4.46. The number of carbonyl (C=O) groups excluding carboxylic acids is 3. The number of likely N-dealkylation sites (N-methyl/N-ethyl adjacent to an activating group) is 2. The first-order valence-electron chi connectivity index (χ1n) is 9.80. The number of phenolic OH excluding ortho intramolecular Hbond substituents is 1. The molecule has 0 saturated heterocycles. The maximum atomic E-state index is 13.1. The van der Waals surface area contributed by atoms with Crippen molar-refractivity contribution in [1.29, 1.82) is 0 Å². The Morgan fingerprint density at radius 2 is 1.83 bits per heavy atom. The third-order valence-electron chi connectivity index (χ3n) is 4.46. The van der Waals surface area contributed by atoms with E-state index in [-0.39, 0.29) is 35.9 Å². The highest BCUT2D eigenvalue weighted by molar-refractivity contribution is 5.91. The summed E-state index contributed by atoms with van der Waals surface area (Å²) in [7, 11) is 1.54. The summed E-state index contributed by atoms with van der Waals surface area (Å²) in [5.74, 6) is -0.964. The van der Waals surface area contributed by atoms with Gasteiger partial charge < -0.3 is 32.1 Å². The molecule has 7 N–H and O–H groups in total. The van der Waals surface area contributed by atoms with Crippen LogP contribution in [0.3, 0.4) is 0 Å². The number of carbonyl (C=O) groups is 3. The Balaban J connectivity index is 2.99. The van der Waals surface area contributed by atoms with E-state index in [0.717, 1.165) is 5.56 Å². The Morgan fingerprint density at radius 1 is 1.20 bits per heavy atom. The standard InChI is InChI=1S/C20H32N6O4/c1-4-23-18(29)17(12-14-7-9-15(28)10-8-14)26(3)19(30)16(25-13(2)27)6-5-11-24-20(21)22/h7-10,16-17,28H,4-6,11-12H2,1-3H3,(H,23,29)(H,25,27)(H4,21,22,24)/t16-,17-/m0/s1. The second-order valence-corrected chi connectivity index (χ2v) is 6.93. The number of phenols is 1. The van der Waals surface area contributed by atoms with E-state index in [1.165, 1.54) is 31.0 Å². The molecule has 1 aromatic carbocycles. The van der Waals surface area contributed by atoms with Crippen molar-refractivity contribution in [3.05, 3.63) is 29.8 Å². The van der Waals surface area contributed by atoms with E-state index in [1.807, 2.05) is 0 Å². The minimum Gasteiger partial charge on any atom is -0.508 e. The van der Waals surface area contributed by atoms with Gasteiger partial charge in [-0.1, -0.05) is 12.1 Å². The summed E-state index contributed by atoms with van der Waals surface area (Å²) in [5, 5.41) is 14.8. The minimum absolute atomic E-state index is 0.0419. The summed E-state index contributed by atoms with van der Waals surface area (Å²) in [6.45, 7) is 3.86. The van der Waals surface area contributed by atoms with Crippen molar-refractivity contribution in [1.82, 2.24) is 15.5 Å². The Hall–Kier alpha value is -3.30. The number of nitrogens with zero attached hydrogens (tertiary/aromatic N) is 2. The fraction of sp³-hybridized carbons (Fsp3) is 0.500. The van der Waals surface area contributed by atoms with Gasteiger partial charge in [0.25, 0.3) is 0 Å². The average Bonchev–Trinajstić information content (AvgIpc) is 2.68. The van der Waals surface area contributed by atoms with Crippen molar-refractivity contribution < 1.29 is 19.5 Å². The number of guanidine groups is 1. The van der Waals surface area contributed by atoms with Crippen molar-refractivity contribution >= 4 is 23.7 Å². The van der Waals surface area contributed by atoms with Gasteiger partial charge in [0.1, 0.15) is 17.8 Å². The second-order valence-electron chi connectivity index (χ2n) is 6.93. The molecule has 0 fully saturated rings. The fourth-order valence-electron chi connectivity index (χ4n) is 2.96. The zero-order valence-corrected chi connectivity index (χ0v) is 17.7. The Kier molecular flexibility index (Phi) is 10.1. The van der Waals surface area contributed by atoms with Gasteiger partial charge in [0, 0.05) is 33.5 Å². The predicted octanol–water partition coefficient (Wildman–Crippen LogP) is -0.544. The number of aromatic hydroxyl groups is 1. The summed E-state index contributed by atoms with van der Waals surface area (Å²) in [4.78, 5) is 42.6. The molecule has 1 aromatic rings. The number of aliphatic imine (C=N–C) groups is 1. The summed E-state index contributed by atoms with van der Waals surface area (Å²) in [6, 6.07) is 4.85. The molecule has 3 amide bonds. The molecule has 0 radical (unpaired) electrons. The highest BCUT2D eigenvalue weighted by Gasteiger charge is 2.31. The molecule has 0 spiro atoms. The first-order valence-corrected chi connectivity index (χ1v) is 9.80.